The molecular formula is C23H28F2N2O3. The molecule has 1 amide bonds. The smallest absolute Gasteiger partial charge is 0.250 e. The Bertz CT molecular complexity index is 847. The first-order valence-electron chi connectivity index (χ1n) is 10.6. The van der Waals surface area contributed by atoms with E-state index in [9.17, 15) is 18.4 Å². The molecule has 1 aromatic carbocycles. The van der Waals surface area contributed by atoms with Crippen LogP contribution in [-0.4, -0.2) is 22.6 Å². The molecule has 0 saturated heterocycles. The minimum atomic E-state index is -3.05. The largest absolute Gasteiger partial charge is 0.438 e. The topological polar surface area (TPSA) is 72.2 Å². The van der Waals surface area contributed by atoms with Gasteiger partial charge in [-0.25, -0.2) is 13.8 Å². The van der Waals surface area contributed by atoms with Gasteiger partial charge in [0.25, 0.3) is 5.92 Å². The predicted molar refractivity (Wildman–Crippen MR) is 109 cm³/mol. The van der Waals surface area contributed by atoms with Gasteiger partial charge < -0.3 is 9.73 Å². The van der Waals surface area contributed by atoms with Crippen molar-refractivity contribution in [3.05, 3.63) is 42.4 Å². The molecule has 1 aliphatic carbocycles. The summed E-state index contributed by atoms with van der Waals surface area (Å²) in [7, 11) is 0. The Hall–Kier alpha value is -2.57. The van der Waals surface area contributed by atoms with Gasteiger partial charge in [-0.15, -0.1) is 0 Å². The molecule has 0 radical (unpaired) electrons. The van der Waals surface area contributed by atoms with Crippen LogP contribution >= 0.6 is 0 Å². The number of hydrogen-bond acceptors (Lipinski definition) is 4. The molecule has 1 saturated carbocycles. The van der Waals surface area contributed by atoms with E-state index >= 15 is 0 Å². The summed E-state index contributed by atoms with van der Waals surface area (Å²) < 4.78 is 35.1. The molecule has 0 aliphatic heterocycles. The summed E-state index contributed by atoms with van der Waals surface area (Å²) in [6.45, 7) is 1.72. The molecular weight excluding hydrogens is 390 g/mol. The van der Waals surface area contributed by atoms with E-state index in [1.165, 1.54) is 6.20 Å². The fraction of sp³-hybridized carbons (Fsp3) is 0.522. The molecule has 0 unspecified atom stereocenters. The van der Waals surface area contributed by atoms with Gasteiger partial charge in [0.05, 0.1) is 6.20 Å². The van der Waals surface area contributed by atoms with Crippen LogP contribution in [0.4, 0.5) is 8.78 Å². The average Bonchev–Trinajstić information content (AvgIpc) is 3.16. The van der Waals surface area contributed by atoms with E-state index < -0.39 is 24.8 Å². The lowest BCUT2D eigenvalue weighted by molar-refractivity contribution is -0.129. The fourth-order valence-electron chi connectivity index (χ4n) is 3.47. The van der Waals surface area contributed by atoms with Gasteiger partial charge in [-0.05, 0) is 19.3 Å². The summed E-state index contributed by atoms with van der Waals surface area (Å²) in [6.07, 6.45) is 3.59. The zero-order valence-corrected chi connectivity index (χ0v) is 17.2. The maximum Gasteiger partial charge on any atom is 0.250 e. The normalized spacial score (nSPS) is 15.4. The van der Waals surface area contributed by atoms with Crippen LogP contribution in [0.2, 0.25) is 0 Å². The maximum absolute atomic E-state index is 14.7. The van der Waals surface area contributed by atoms with Gasteiger partial charge in [0.2, 0.25) is 11.8 Å². The number of nitrogens with zero attached hydrogens (tertiary/aromatic N) is 1. The van der Waals surface area contributed by atoms with E-state index in [1.54, 1.807) is 6.92 Å². The van der Waals surface area contributed by atoms with Gasteiger partial charge in [0.1, 0.15) is 11.8 Å². The summed E-state index contributed by atoms with van der Waals surface area (Å²) in [4.78, 5) is 28.0. The van der Waals surface area contributed by atoms with Gasteiger partial charge in [0.15, 0.2) is 5.76 Å². The highest BCUT2D eigenvalue weighted by Gasteiger charge is 2.37. The van der Waals surface area contributed by atoms with Crippen LogP contribution in [0.25, 0.3) is 11.3 Å². The van der Waals surface area contributed by atoms with Crippen molar-refractivity contribution < 1.29 is 22.8 Å². The molecule has 1 aliphatic rings. The second kappa shape index (κ2) is 9.96. The highest BCUT2D eigenvalue weighted by atomic mass is 19.3. The number of alkyl halides is 2. The number of carbonyl (C=O) groups excluding carboxylic acids is 2. The number of oxazole rings is 1. The van der Waals surface area contributed by atoms with Crippen LogP contribution in [0.3, 0.4) is 0 Å². The van der Waals surface area contributed by atoms with Crippen molar-refractivity contribution in [1.82, 2.24) is 10.3 Å². The van der Waals surface area contributed by atoms with E-state index in [-0.39, 0.29) is 36.3 Å². The molecule has 2 aromatic rings. The summed E-state index contributed by atoms with van der Waals surface area (Å²) >= 11 is 0. The molecule has 1 atom stereocenters. The molecule has 1 fully saturated rings. The number of ketones is 1. The van der Waals surface area contributed by atoms with Crippen molar-refractivity contribution >= 4 is 11.7 Å². The minimum absolute atomic E-state index is 0.0270. The quantitative estimate of drug-likeness (QED) is 0.525. The SMILES string of the molecule is CCC(=O)CCCC(F)(F)C[C@H](NC(=O)C1CCC1)c1ncc(-c2ccccc2)o1. The third kappa shape index (κ3) is 5.97. The van der Waals surface area contributed by atoms with E-state index in [0.29, 0.717) is 12.2 Å². The minimum Gasteiger partial charge on any atom is -0.438 e. The van der Waals surface area contributed by atoms with Crippen LogP contribution in [0.15, 0.2) is 40.9 Å². The van der Waals surface area contributed by atoms with Crippen LogP contribution in [0.5, 0.6) is 0 Å². The van der Waals surface area contributed by atoms with E-state index in [0.717, 1.165) is 24.8 Å². The Balaban J connectivity index is 1.72. The molecule has 1 heterocycles. The Morgan fingerprint density at radius 2 is 2.00 bits per heavy atom. The van der Waals surface area contributed by atoms with Crippen molar-refractivity contribution in [3.8, 4) is 11.3 Å². The number of benzene rings is 1. The lowest BCUT2D eigenvalue weighted by atomic mass is 9.84. The number of halogens is 2. The molecule has 5 nitrogen and oxygen atoms in total. The van der Waals surface area contributed by atoms with Crippen molar-refractivity contribution in [2.24, 2.45) is 5.92 Å². The summed E-state index contributed by atoms with van der Waals surface area (Å²) in [5, 5.41) is 2.72. The molecule has 1 aromatic heterocycles. The average molecular weight is 418 g/mol. The van der Waals surface area contributed by atoms with Gasteiger partial charge in [0, 0.05) is 37.2 Å². The van der Waals surface area contributed by atoms with Crippen molar-refractivity contribution in [2.75, 3.05) is 0 Å². The second-order valence-corrected chi connectivity index (χ2v) is 7.92. The molecule has 3 rings (SSSR count). The van der Waals surface area contributed by atoms with Crippen molar-refractivity contribution in [3.63, 3.8) is 0 Å². The Morgan fingerprint density at radius 1 is 1.27 bits per heavy atom. The first-order valence-corrected chi connectivity index (χ1v) is 10.6. The number of hydrogen-bond donors (Lipinski definition) is 1. The zero-order chi connectivity index (χ0) is 21.6. The molecule has 30 heavy (non-hydrogen) atoms. The Morgan fingerprint density at radius 3 is 2.63 bits per heavy atom. The zero-order valence-electron chi connectivity index (χ0n) is 17.2. The van der Waals surface area contributed by atoms with Crippen LogP contribution in [-0.2, 0) is 9.59 Å². The van der Waals surface area contributed by atoms with Crippen LogP contribution < -0.4 is 5.32 Å². The van der Waals surface area contributed by atoms with E-state index in [4.69, 9.17) is 4.42 Å². The first kappa shape index (κ1) is 22.1. The maximum atomic E-state index is 14.7. The fourth-order valence-corrected chi connectivity index (χ4v) is 3.47. The Labute approximate surface area is 175 Å². The number of nitrogens with one attached hydrogen (secondary N) is 1. The highest BCUT2D eigenvalue weighted by molar-refractivity contribution is 5.79. The van der Waals surface area contributed by atoms with Gasteiger partial charge in [-0.3, -0.25) is 9.59 Å². The standard InChI is InChI=1S/C23H28F2N2O3/c1-2-18(28)12-7-13-23(24,25)14-19(27-21(29)17-10-6-11-17)22-26-15-20(30-22)16-8-4-3-5-9-16/h3-5,8-9,15,17,19H,2,6-7,10-14H2,1H3,(H,27,29)/t19-/m0/s1. The molecule has 0 spiro atoms. The lowest BCUT2D eigenvalue weighted by Crippen LogP contribution is -2.39. The van der Waals surface area contributed by atoms with Gasteiger partial charge >= 0.3 is 0 Å². The van der Waals surface area contributed by atoms with E-state index in [2.05, 4.69) is 10.3 Å². The Kier molecular flexibility index (Phi) is 7.34. The predicted octanol–water partition coefficient (Wildman–Crippen LogP) is 5.47. The van der Waals surface area contributed by atoms with E-state index in [1.807, 2.05) is 30.3 Å². The first-order chi connectivity index (χ1) is 14.4. The number of amides is 1. The van der Waals surface area contributed by atoms with Crippen molar-refractivity contribution in [2.45, 2.75) is 70.3 Å². The summed E-state index contributed by atoms with van der Waals surface area (Å²) in [5.41, 5.74) is 0.783. The summed E-state index contributed by atoms with van der Waals surface area (Å²) in [6, 6.07) is 8.22. The summed E-state index contributed by atoms with van der Waals surface area (Å²) in [5.74, 6) is -2.90. The molecule has 0 bridgehead atoms. The number of aromatic nitrogens is 1. The monoisotopic (exact) mass is 418 g/mol. The third-order valence-corrected chi connectivity index (χ3v) is 5.57. The molecule has 162 valence electrons. The molecule has 1 N–H and O–H groups in total. The number of rotatable bonds is 11. The third-order valence-electron chi connectivity index (χ3n) is 5.57. The number of carbonyl (C=O) groups is 2. The second-order valence-electron chi connectivity index (χ2n) is 7.92. The van der Waals surface area contributed by atoms with Crippen LogP contribution in [0, 0.1) is 5.92 Å². The van der Waals surface area contributed by atoms with Gasteiger partial charge in [-0.2, -0.15) is 0 Å². The number of Topliss-reactive ketones (excluding diaryl/α,β-unsaturated/α-hetero) is 1. The molecule has 7 heteroatoms. The van der Waals surface area contributed by atoms with Gasteiger partial charge in [-0.1, -0.05) is 43.7 Å². The highest BCUT2D eigenvalue weighted by Crippen LogP contribution is 2.35. The van der Waals surface area contributed by atoms with Crippen molar-refractivity contribution in [1.29, 1.82) is 0 Å². The lowest BCUT2D eigenvalue weighted by Gasteiger charge is -2.28. The van der Waals surface area contributed by atoms with Crippen LogP contribution in [0.1, 0.15) is 70.2 Å².